The van der Waals surface area contributed by atoms with Crippen molar-refractivity contribution in [3.05, 3.63) is 154 Å². The Hall–Kier alpha value is -5.86. The second-order valence-electron chi connectivity index (χ2n) is 16.4. The van der Waals surface area contributed by atoms with E-state index in [0.29, 0.717) is 40.9 Å². The first-order chi connectivity index (χ1) is 29.9. The van der Waals surface area contributed by atoms with E-state index in [9.17, 15) is 9.59 Å². The smallest absolute Gasteiger partial charge is 0.343 e. The number of nitrogens with zero attached hydrogens (tertiary/aromatic N) is 2. The van der Waals surface area contributed by atoms with Crippen LogP contribution in [0.4, 0.5) is 0 Å². The van der Waals surface area contributed by atoms with Crippen LogP contribution in [-0.4, -0.2) is 50.3 Å². The molecule has 2 aliphatic rings. The van der Waals surface area contributed by atoms with Crippen LogP contribution in [0.15, 0.2) is 119 Å². The van der Waals surface area contributed by atoms with Gasteiger partial charge in [0.1, 0.15) is 17.2 Å². The van der Waals surface area contributed by atoms with Gasteiger partial charge in [0.05, 0.1) is 37.2 Å². The van der Waals surface area contributed by atoms with E-state index in [4.69, 9.17) is 24.0 Å². The SMILES string of the molecule is CCCc1ccc(C(=O)OCCc2ccc(OC(=O)c3ccc(OCCCCCCOCC4(CC)CCC4)c(C)c3)c(/C=N/N=C3c4ccccc4-c4ccccc43)c2)cc1. The average molecular weight is 819 g/mol. The van der Waals surface area contributed by atoms with E-state index in [2.05, 4.69) is 31.1 Å². The monoisotopic (exact) mass is 818 g/mol. The van der Waals surface area contributed by atoms with E-state index < -0.39 is 5.97 Å². The van der Waals surface area contributed by atoms with Gasteiger partial charge in [-0.3, -0.25) is 0 Å². The summed E-state index contributed by atoms with van der Waals surface area (Å²) in [4.78, 5) is 26.4. The number of carbonyl (C=O) groups excluding carboxylic acids is 2. The number of hydrogen-bond donors (Lipinski definition) is 0. The molecule has 0 unspecified atom stereocenters. The van der Waals surface area contributed by atoms with E-state index in [-0.39, 0.29) is 12.6 Å². The standard InChI is InChI=1S/C53H58N2O6/c1-4-15-39-20-23-41(24-21-39)51(56)60-33-28-40-22-26-49(43(35-40)36-54-55-50-46-18-10-8-16-44(46)45-17-9-11-19-47(45)50)61-52(57)42-25-27-48(38(3)34-42)59-32-13-7-6-12-31-58-37-53(5-2)29-14-30-53/h8-11,16-27,34-36H,4-7,12-15,28-33,37H2,1-3H3/b54-36+. The molecule has 0 amide bonds. The number of aryl methyl sites for hydroxylation is 2. The lowest BCUT2D eigenvalue weighted by molar-refractivity contribution is -0.01000. The van der Waals surface area contributed by atoms with E-state index >= 15 is 0 Å². The lowest BCUT2D eigenvalue weighted by atomic mass is 9.68. The summed E-state index contributed by atoms with van der Waals surface area (Å²) in [7, 11) is 0. The second-order valence-corrected chi connectivity index (χ2v) is 16.4. The lowest BCUT2D eigenvalue weighted by Crippen LogP contribution is -2.33. The van der Waals surface area contributed by atoms with Crippen LogP contribution in [0.3, 0.4) is 0 Å². The van der Waals surface area contributed by atoms with Gasteiger partial charge in [0.15, 0.2) is 0 Å². The molecule has 316 valence electrons. The molecular weight excluding hydrogens is 761 g/mol. The highest BCUT2D eigenvalue weighted by molar-refractivity contribution is 6.24. The minimum absolute atomic E-state index is 0.184. The van der Waals surface area contributed by atoms with Gasteiger partial charge in [-0.25, -0.2) is 9.59 Å². The molecule has 8 heteroatoms. The molecule has 0 atom stereocenters. The zero-order valence-corrected chi connectivity index (χ0v) is 35.9. The van der Waals surface area contributed by atoms with Crippen LogP contribution in [0.5, 0.6) is 11.5 Å². The van der Waals surface area contributed by atoms with Crippen molar-refractivity contribution in [2.75, 3.05) is 26.4 Å². The Labute approximate surface area is 361 Å². The highest BCUT2D eigenvalue weighted by atomic mass is 16.5. The fourth-order valence-corrected chi connectivity index (χ4v) is 8.14. The molecule has 1 saturated carbocycles. The maximum atomic E-state index is 13.6. The fourth-order valence-electron chi connectivity index (χ4n) is 8.14. The van der Waals surface area contributed by atoms with E-state index in [0.717, 1.165) is 96.6 Å². The Morgan fingerprint density at radius 3 is 1.98 bits per heavy atom. The molecule has 0 bridgehead atoms. The summed E-state index contributed by atoms with van der Waals surface area (Å²) in [6.07, 6.45) is 13.5. The van der Waals surface area contributed by atoms with Gasteiger partial charge in [-0.05, 0) is 128 Å². The summed E-state index contributed by atoms with van der Waals surface area (Å²) in [6, 6.07) is 34.8. The first-order valence-corrected chi connectivity index (χ1v) is 22.1. The highest BCUT2D eigenvalue weighted by Gasteiger charge is 2.35. The van der Waals surface area contributed by atoms with Crippen molar-refractivity contribution in [2.45, 2.75) is 91.4 Å². The largest absolute Gasteiger partial charge is 0.493 e. The molecule has 5 aromatic rings. The number of hydrogen-bond acceptors (Lipinski definition) is 8. The summed E-state index contributed by atoms with van der Waals surface area (Å²) in [6.45, 7) is 8.90. The zero-order valence-electron chi connectivity index (χ0n) is 35.9. The number of esters is 2. The van der Waals surface area contributed by atoms with E-state index in [1.54, 1.807) is 24.4 Å². The molecule has 8 nitrogen and oxygen atoms in total. The van der Waals surface area contributed by atoms with Gasteiger partial charge < -0.3 is 18.9 Å². The number of unbranched alkanes of at least 4 members (excludes halogenated alkanes) is 3. The molecule has 0 spiro atoms. The van der Waals surface area contributed by atoms with Gasteiger partial charge in [0, 0.05) is 29.7 Å². The molecule has 0 N–H and O–H groups in total. The summed E-state index contributed by atoms with van der Waals surface area (Å²) in [5.74, 6) is 0.233. The Morgan fingerprint density at radius 1 is 0.672 bits per heavy atom. The molecule has 61 heavy (non-hydrogen) atoms. The molecular formula is C53H58N2O6. The molecule has 1 fully saturated rings. The number of ether oxygens (including phenoxy) is 4. The summed E-state index contributed by atoms with van der Waals surface area (Å²) < 4.78 is 23.8. The second kappa shape index (κ2) is 21.1. The number of carbonyl (C=O) groups is 2. The summed E-state index contributed by atoms with van der Waals surface area (Å²) in [5, 5.41) is 9.23. The number of fused-ring (bicyclic) bond motifs is 3. The van der Waals surface area contributed by atoms with Crippen molar-refractivity contribution in [3.63, 3.8) is 0 Å². The van der Waals surface area contributed by atoms with Gasteiger partial charge in [-0.1, -0.05) is 99.8 Å². The van der Waals surface area contributed by atoms with Crippen molar-refractivity contribution >= 4 is 23.9 Å². The third-order valence-corrected chi connectivity index (χ3v) is 12.1. The van der Waals surface area contributed by atoms with Crippen LogP contribution in [0.1, 0.15) is 126 Å². The molecule has 7 rings (SSSR count). The van der Waals surface area contributed by atoms with Crippen molar-refractivity contribution in [3.8, 4) is 22.6 Å². The van der Waals surface area contributed by atoms with Gasteiger partial charge in [-0.2, -0.15) is 5.10 Å². The average Bonchev–Trinajstić information content (AvgIpc) is 3.58. The lowest BCUT2D eigenvalue weighted by Gasteiger charge is -2.40. The molecule has 0 aromatic heterocycles. The Morgan fingerprint density at radius 2 is 1.33 bits per heavy atom. The van der Waals surface area contributed by atoms with Gasteiger partial charge in [-0.15, -0.1) is 5.10 Å². The highest BCUT2D eigenvalue weighted by Crippen LogP contribution is 2.44. The van der Waals surface area contributed by atoms with Crippen LogP contribution in [0, 0.1) is 12.3 Å². The minimum atomic E-state index is -0.495. The maximum absolute atomic E-state index is 13.6. The first kappa shape index (κ1) is 43.2. The van der Waals surface area contributed by atoms with E-state index in [1.165, 1.54) is 31.2 Å². The minimum Gasteiger partial charge on any atom is -0.493 e. The van der Waals surface area contributed by atoms with Crippen molar-refractivity contribution in [1.29, 1.82) is 0 Å². The van der Waals surface area contributed by atoms with Gasteiger partial charge in [0.25, 0.3) is 0 Å². The molecule has 0 radical (unpaired) electrons. The predicted molar refractivity (Wildman–Crippen MR) is 243 cm³/mol. The fraction of sp³-hybridized carbons (Fsp3) is 0.358. The third-order valence-electron chi connectivity index (χ3n) is 12.1. The topological polar surface area (TPSA) is 95.8 Å². The van der Waals surface area contributed by atoms with Crippen LogP contribution >= 0.6 is 0 Å². The summed E-state index contributed by atoms with van der Waals surface area (Å²) >= 11 is 0. The Kier molecular flexibility index (Phi) is 14.9. The van der Waals surface area contributed by atoms with Crippen LogP contribution in [0.25, 0.3) is 11.1 Å². The molecule has 0 aliphatic heterocycles. The predicted octanol–water partition coefficient (Wildman–Crippen LogP) is 12.0. The van der Waals surface area contributed by atoms with Crippen molar-refractivity contribution in [2.24, 2.45) is 15.6 Å². The molecule has 2 aliphatic carbocycles. The number of benzene rings is 5. The van der Waals surface area contributed by atoms with Gasteiger partial charge >= 0.3 is 11.9 Å². The Bertz CT molecular complexity index is 2290. The van der Waals surface area contributed by atoms with Crippen LogP contribution < -0.4 is 9.47 Å². The molecule has 0 saturated heterocycles. The number of rotatable bonds is 21. The van der Waals surface area contributed by atoms with Crippen molar-refractivity contribution < 1.29 is 28.5 Å². The first-order valence-electron chi connectivity index (χ1n) is 22.1. The van der Waals surface area contributed by atoms with Crippen LogP contribution in [-0.2, 0) is 22.3 Å². The Balaban J connectivity index is 0.980. The quantitative estimate of drug-likeness (QED) is 0.0236. The third kappa shape index (κ3) is 11.1. The van der Waals surface area contributed by atoms with Gasteiger partial charge in [0.2, 0.25) is 0 Å². The van der Waals surface area contributed by atoms with Crippen LogP contribution in [0.2, 0.25) is 0 Å². The molecule has 0 heterocycles. The maximum Gasteiger partial charge on any atom is 0.343 e. The zero-order chi connectivity index (χ0) is 42.4. The molecule has 5 aromatic carbocycles. The normalized spacial score (nSPS) is 13.7. The van der Waals surface area contributed by atoms with E-state index in [1.807, 2.05) is 85.8 Å². The summed E-state index contributed by atoms with van der Waals surface area (Å²) in [5.41, 5.74) is 9.92. The van der Waals surface area contributed by atoms with Crippen molar-refractivity contribution in [1.82, 2.24) is 0 Å².